The highest BCUT2D eigenvalue weighted by Gasteiger charge is 2.39. The SMILES string of the molecule is CC(C)Oc1ncc(B(O)OC(C)(C)C(C)(C)O)cn1. The first-order valence-corrected chi connectivity index (χ1v) is 6.60. The smallest absolute Gasteiger partial charge is 0.461 e. The highest BCUT2D eigenvalue weighted by Crippen LogP contribution is 2.25. The maximum atomic E-state index is 10.0. The molecule has 7 heteroatoms. The number of aromatic nitrogens is 2. The van der Waals surface area contributed by atoms with Crippen LogP contribution in [0.4, 0.5) is 0 Å². The van der Waals surface area contributed by atoms with Gasteiger partial charge in [0.05, 0.1) is 17.3 Å². The quantitative estimate of drug-likeness (QED) is 0.740. The molecule has 2 N–H and O–H groups in total. The summed E-state index contributed by atoms with van der Waals surface area (Å²) in [6, 6.07) is 0.248. The molecule has 0 aliphatic rings. The molecule has 1 rings (SSSR count). The summed E-state index contributed by atoms with van der Waals surface area (Å²) in [6.45, 7) is 10.4. The van der Waals surface area contributed by atoms with Gasteiger partial charge in [-0.25, -0.2) is 9.97 Å². The third-order valence-corrected chi connectivity index (χ3v) is 3.15. The van der Waals surface area contributed by atoms with Crippen molar-refractivity contribution < 1.29 is 19.5 Å². The van der Waals surface area contributed by atoms with Crippen molar-refractivity contribution in [3.05, 3.63) is 12.4 Å². The lowest BCUT2D eigenvalue weighted by Gasteiger charge is -2.38. The van der Waals surface area contributed by atoms with Gasteiger partial charge in [-0.2, -0.15) is 0 Å². The summed E-state index contributed by atoms with van der Waals surface area (Å²) in [5.41, 5.74) is -1.63. The molecule has 1 heterocycles. The monoisotopic (exact) mass is 282 g/mol. The Balaban J connectivity index is 2.76. The minimum Gasteiger partial charge on any atom is -0.461 e. The summed E-state index contributed by atoms with van der Waals surface area (Å²) in [5, 5.41) is 20.0. The lowest BCUT2D eigenvalue weighted by Crippen LogP contribution is -2.53. The van der Waals surface area contributed by atoms with Crippen LogP contribution in [0, 0.1) is 0 Å². The number of hydrogen-bond acceptors (Lipinski definition) is 6. The van der Waals surface area contributed by atoms with Gasteiger partial charge in [-0.15, -0.1) is 0 Å². The van der Waals surface area contributed by atoms with Gasteiger partial charge in [0.2, 0.25) is 0 Å². The van der Waals surface area contributed by atoms with Crippen LogP contribution >= 0.6 is 0 Å². The fourth-order valence-electron chi connectivity index (χ4n) is 1.22. The molecule has 0 aromatic carbocycles. The third-order valence-electron chi connectivity index (χ3n) is 3.15. The van der Waals surface area contributed by atoms with Crippen LogP contribution in [0.15, 0.2) is 12.4 Å². The molecular formula is C13H23BN2O4. The number of hydrogen-bond donors (Lipinski definition) is 2. The lowest BCUT2D eigenvalue weighted by molar-refractivity contribution is -0.0982. The summed E-state index contributed by atoms with van der Waals surface area (Å²) in [5.74, 6) is 0. The number of nitrogens with zero attached hydrogens (tertiary/aromatic N) is 2. The molecule has 0 atom stereocenters. The van der Waals surface area contributed by atoms with Gasteiger partial charge in [-0.05, 0) is 41.5 Å². The van der Waals surface area contributed by atoms with E-state index in [1.54, 1.807) is 27.7 Å². The van der Waals surface area contributed by atoms with E-state index in [9.17, 15) is 10.1 Å². The largest absolute Gasteiger partial charge is 0.494 e. The average Bonchev–Trinajstić information content (AvgIpc) is 2.26. The van der Waals surface area contributed by atoms with Gasteiger partial charge in [0.15, 0.2) is 0 Å². The molecule has 0 spiro atoms. The van der Waals surface area contributed by atoms with Crippen molar-refractivity contribution in [1.29, 1.82) is 0 Å². The normalized spacial score (nSPS) is 12.7. The van der Waals surface area contributed by atoms with E-state index in [0.29, 0.717) is 5.46 Å². The molecule has 0 unspecified atom stereocenters. The Morgan fingerprint density at radius 2 is 1.65 bits per heavy atom. The molecule has 0 radical (unpaired) electrons. The van der Waals surface area contributed by atoms with Crippen molar-refractivity contribution in [2.45, 2.75) is 58.8 Å². The summed E-state index contributed by atoms with van der Waals surface area (Å²) >= 11 is 0. The summed E-state index contributed by atoms with van der Waals surface area (Å²) < 4.78 is 10.8. The molecule has 1 aromatic heterocycles. The van der Waals surface area contributed by atoms with E-state index >= 15 is 0 Å². The van der Waals surface area contributed by atoms with Crippen LogP contribution in [-0.2, 0) is 4.65 Å². The van der Waals surface area contributed by atoms with E-state index in [0.717, 1.165) is 0 Å². The first kappa shape index (κ1) is 16.9. The topological polar surface area (TPSA) is 84.7 Å². The zero-order valence-electron chi connectivity index (χ0n) is 12.9. The molecule has 0 aliphatic heterocycles. The van der Waals surface area contributed by atoms with Crippen LogP contribution in [0.25, 0.3) is 0 Å². The first-order chi connectivity index (χ1) is 9.03. The minimum atomic E-state index is -1.22. The molecule has 0 saturated heterocycles. The molecule has 1 aromatic rings. The van der Waals surface area contributed by atoms with E-state index in [-0.39, 0.29) is 12.1 Å². The number of rotatable bonds is 6. The van der Waals surface area contributed by atoms with E-state index in [1.807, 2.05) is 13.8 Å². The number of aliphatic hydroxyl groups is 1. The van der Waals surface area contributed by atoms with Crippen LogP contribution in [0.3, 0.4) is 0 Å². The highest BCUT2D eigenvalue weighted by molar-refractivity contribution is 6.59. The van der Waals surface area contributed by atoms with Gasteiger partial charge in [0.25, 0.3) is 0 Å². The van der Waals surface area contributed by atoms with E-state index in [2.05, 4.69) is 9.97 Å². The maximum absolute atomic E-state index is 10.0. The maximum Gasteiger partial charge on any atom is 0.494 e. The molecule has 112 valence electrons. The second-order valence-corrected chi connectivity index (χ2v) is 6.01. The van der Waals surface area contributed by atoms with Crippen molar-refractivity contribution >= 4 is 12.6 Å². The Kier molecular flexibility index (Phi) is 5.12. The summed E-state index contributed by atoms with van der Waals surface area (Å²) in [7, 11) is -1.22. The van der Waals surface area contributed by atoms with E-state index in [1.165, 1.54) is 12.4 Å². The Bertz CT molecular complexity index is 429. The van der Waals surface area contributed by atoms with E-state index < -0.39 is 18.3 Å². The van der Waals surface area contributed by atoms with Crippen molar-refractivity contribution in [3.8, 4) is 6.01 Å². The van der Waals surface area contributed by atoms with Crippen molar-refractivity contribution in [2.24, 2.45) is 0 Å². The lowest BCUT2D eigenvalue weighted by atomic mass is 9.78. The van der Waals surface area contributed by atoms with Crippen molar-refractivity contribution in [1.82, 2.24) is 9.97 Å². The van der Waals surface area contributed by atoms with Gasteiger partial charge >= 0.3 is 13.1 Å². The van der Waals surface area contributed by atoms with Crippen LogP contribution in [0.5, 0.6) is 6.01 Å². The van der Waals surface area contributed by atoms with Gasteiger partial charge < -0.3 is 19.5 Å². The van der Waals surface area contributed by atoms with Crippen molar-refractivity contribution in [3.63, 3.8) is 0 Å². The molecule has 0 fully saturated rings. The molecule has 0 aliphatic carbocycles. The summed E-state index contributed by atoms with van der Waals surface area (Å²) in [4.78, 5) is 7.99. The Morgan fingerprint density at radius 3 is 2.05 bits per heavy atom. The van der Waals surface area contributed by atoms with Gasteiger partial charge in [0, 0.05) is 17.9 Å². The highest BCUT2D eigenvalue weighted by atomic mass is 16.5. The Morgan fingerprint density at radius 1 is 1.15 bits per heavy atom. The van der Waals surface area contributed by atoms with Gasteiger partial charge in [-0.3, -0.25) is 0 Å². The standard InChI is InChI=1S/C13H23BN2O4/c1-9(2)19-11-15-7-10(8-16-11)14(18)20-13(5,6)12(3,4)17/h7-9,17-18H,1-6H3. The van der Waals surface area contributed by atoms with Gasteiger partial charge in [-0.1, -0.05) is 0 Å². The molecule has 6 nitrogen and oxygen atoms in total. The average molecular weight is 282 g/mol. The molecule has 0 amide bonds. The molecular weight excluding hydrogens is 259 g/mol. The fraction of sp³-hybridized carbons (Fsp3) is 0.692. The molecule has 20 heavy (non-hydrogen) atoms. The zero-order chi connectivity index (χ0) is 15.6. The number of ether oxygens (including phenoxy) is 1. The van der Waals surface area contributed by atoms with E-state index in [4.69, 9.17) is 9.39 Å². The molecule has 0 saturated carbocycles. The predicted octanol–water partition coefficient (Wildman–Crippen LogP) is 0.517. The second kappa shape index (κ2) is 6.07. The van der Waals surface area contributed by atoms with Crippen LogP contribution in [-0.4, -0.2) is 44.5 Å². The van der Waals surface area contributed by atoms with Crippen LogP contribution < -0.4 is 10.2 Å². The Labute approximate surface area is 120 Å². The van der Waals surface area contributed by atoms with Gasteiger partial charge in [0.1, 0.15) is 0 Å². The molecule has 0 bridgehead atoms. The minimum absolute atomic E-state index is 0.0175. The zero-order valence-corrected chi connectivity index (χ0v) is 12.9. The Hall–Kier alpha value is -1.18. The van der Waals surface area contributed by atoms with Crippen LogP contribution in [0.2, 0.25) is 0 Å². The second-order valence-electron chi connectivity index (χ2n) is 6.01. The first-order valence-electron chi connectivity index (χ1n) is 6.60. The summed E-state index contributed by atoms with van der Waals surface area (Å²) in [6.07, 6.45) is 2.86. The third kappa shape index (κ3) is 4.43. The van der Waals surface area contributed by atoms with Crippen LogP contribution in [0.1, 0.15) is 41.5 Å². The fourth-order valence-corrected chi connectivity index (χ4v) is 1.22. The van der Waals surface area contributed by atoms with Crippen molar-refractivity contribution in [2.75, 3.05) is 0 Å². The predicted molar refractivity (Wildman–Crippen MR) is 76.9 cm³/mol.